The summed E-state index contributed by atoms with van der Waals surface area (Å²) in [6.45, 7) is 7.63. The van der Waals surface area contributed by atoms with Crippen LogP contribution in [0, 0.1) is 6.92 Å². The Morgan fingerprint density at radius 2 is 1.88 bits per heavy atom. The van der Waals surface area contributed by atoms with E-state index in [9.17, 15) is 4.79 Å². The summed E-state index contributed by atoms with van der Waals surface area (Å²) < 4.78 is 5.31. The van der Waals surface area contributed by atoms with E-state index in [0.717, 1.165) is 26.4 Å². The highest BCUT2D eigenvalue weighted by atomic mass is 32.2. The van der Waals surface area contributed by atoms with E-state index in [-0.39, 0.29) is 17.3 Å². The van der Waals surface area contributed by atoms with Gasteiger partial charge in [0.1, 0.15) is 21.4 Å². The monoisotopic (exact) mass is 372 g/mol. The number of aromatic nitrogens is 2. The highest BCUT2D eigenvalue weighted by Crippen LogP contribution is 2.39. The molecule has 2 heterocycles. The van der Waals surface area contributed by atoms with Crippen molar-refractivity contribution in [3.05, 3.63) is 41.5 Å². The van der Waals surface area contributed by atoms with E-state index in [2.05, 4.69) is 46.5 Å². The average molecular weight is 373 g/mol. The Hall–Kier alpha value is -1.92. The number of benzene rings is 1. The van der Waals surface area contributed by atoms with Crippen LogP contribution in [0.15, 0.2) is 41.0 Å². The molecule has 6 heteroatoms. The quantitative estimate of drug-likeness (QED) is 0.354. The molecule has 0 saturated carbocycles. The fourth-order valence-electron chi connectivity index (χ4n) is 2.43. The van der Waals surface area contributed by atoms with Gasteiger partial charge in [-0.15, -0.1) is 11.3 Å². The summed E-state index contributed by atoms with van der Waals surface area (Å²) in [5.74, 6) is -0.223. The van der Waals surface area contributed by atoms with Gasteiger partial charge in [-0.3, -0.25) is 4.79 Å². The van der Waals surface area contributed by atoms with Crippen LogP contribution in [0.25, 0.3) is 21.3 Å². The van der Waals surface area contributed by atoms with E-state index in [1.54, 1.807) is 17.7 Å². The second-order valence-corrected chi connectivity index (χ2v) is 8.31. The Morgan fingerprint density at radius 3 is 2.56 bits per heavy atom. The molecule has 0 bridgehead atoms. The average Bonchev–Trinajstić information content (AvgIpc) is 3.00. The van der Waals surface area contributed by atoms with Crippen molar-refractivity contribution in [3.8, 4) is 11.1 Å². The van der Waals surface area contributed by atoms with Gasteiger partial charge in [0.2, 0.25) is 0 Å². The molecule has 3 rings (SSSR count). The second-order valence-electron chi connectivity index (χ2n) is 6.12. The number of carbonyl (C=O) groups excluding carboxylic acids is 1. The van der Waals surface area contributed by atoms with E-state index in [1.807, 2.05) is 20.8 Å². The number of thiophene rings is 1. The predicted octanol–water partition coefficient (Wildman–Crippen LogP) is 5.10. The molecular formula is C19H20N2O2S2. The van der Waals surface area contributed by atoms with Gasteiger partial charge in [0.25, 0.3) is 0 Å². The first kappa shape index (κ1) is 17.9. The first-order valence-corrected chi connectivity index (χ1v) is 9.88. The molecule has 1 aromatic carbocycles. The van der Waals surface area contributed by atoms with Gasteiger partial charge in [-0.2, -0.15) is 0 Å². The van der Waals surface area contributed by atoms with E-state index in [1.165, 1.54) is 17.3 Å². The minimum absolute atomic E-state index is 0.120. The number of rotatable bonds is 5. The largest absolute Gasteiger partial charge is 0.462 e. The molecule has 3 aromatic rings. The number of carbonyl (C=O) groups is 1. The Labute approximate surface area is 155 Å². The predicted molar refractivity (Wildman–Crippen MR) is 104 cm³/mol. The fraction of sp³-hybridized carbons (Fsp3) is 0.316. The van der Waals surface area contributed by atoms with Crippen LogP contribution in [0.1, 0.15) is 26.3 Å². The van der Waals surface area contributed by atoms with Crippen LogP contribution in [0.4, 0.5) is 0 Å². The highest BCUT2D eigenvalue weighted by Gasteiger charge is 2.21. The number of hydrogen-bond acceptors (Lipinski definition) is 6. The zero-order valence-corrected chi connectivity index (χ0v) is 16.3. The van der Waals surface area contributed by atoms with E-state index in [0.29, 0.717) is 0 Å². The van der Waals surface area contributed by atoms with E-state index >= 15 is 0 Å². The summed E-state index contributed by atoms with van der Waals surface area (Å²) in [4.78, 5) is 21.9. The van der Waals surface area contributed by atoms with Crippen molar-refractivity contribution < 1.29 is 9.53 Å². The van der Waals surface area contributed by atoms with Gasteiger partial charge in [0, 0.05) is 10.9 Å². The lowest BCUT2D eigenvalue weighted by molar-refractivity contribution is -0.146. The number of hydrogen-bond donors (Lipinski definition) is 0. The summed E-state index contributed by atoms with van der Waals surface area (Å²) >= 11 is 3.01. The number of aryl methyl sites for hydroxylation is 1. The van der Waals surface area contributed by atoms with Crippen molar-refractivity contribution in [2.45, 2.75) is 44.1 Å². The van der Waals surface area contributed by atoms with Gasteiger partial charge in [-0.25, -0.2) is 9.97 Å². The van der Waals surface area contributed by atoms with Gasteiger partial charge in [0.05, 0.1) is 11.5 Å². The topological polar surface area (TPSA) is 52.1 Å². The van der Waals surface area contributed by atoms with Crippen molar-refractivity contribution in [3.63, 3.8) is 0 Å². The maximum atomic E-state index is 12.1. The van der Waals surface area contributed by atoms with Crippen LogP contribution in [0.3, 0.4) is 0 Å². The molecule has 0 fully saturated rings. The van der Waals surface area contributed by atoms with Crippen molar-refractivity contribution in [2.75, 3.05) is 0 Å². The third-order valence-corrected chi connectivity index (χ3v) is 5.64. The maximum Gasteiger partial charge on any atom is 0.319 e. The maximum absolute atomic E-state index is 12.1. The molecule has 130 valence electrons. The molecule has 1 atom stereocenters. The summed E-state index contributed by atoms with van der Waals surface area (Å²) in [5.41, 5.74) is 3.46. The Kier molecular flexibility index (Phi) is 5.39. The minimum Gasteiger partial charge on any atom is -0.462 e. The molecule has 0 aliphatic carbocycles. The standard InChI is InChI=1S/C19H20N2O2S2/c1-11(2)23-19(22)13(4)25-18-16-15(9-24-17(16)20-10-21-18)14-7-5-12(3)6-8-14/h5-11,13H,1-4H3. The van der Waals surface area contributed by atoms with Crippen molar-refractivity contribution in [1.82, 2.24) is 9.97 Å². The second kappa shape index (κ2) is 7.54. The first-order chi connectivity index (χ1) is 12.0. The Morgan fingerprint density at radius 1 is 1.16 bits per heavy atom. The van der Waals surface area contributed by atoms with Crippen LogP contribution in [-0.4, -0.2) is 27.3 Å². The third kappa shape index (κ3) is 4.02. The van der Waals surface area contributed by atoms with Crippen molar-refractivity contribution >= 4 is 39.3 Å². The molecule has 0 spiro atoms. The number of nitrogens with zero attached hydrogens (tertiary/aromatic N) is 2. The summed E-state index contributed by atoms with van der Waals surface area (Å²) in [6, 6.07) is 8.40. The van der Waals surface area contributed by atoms with E-state index < -0.39 is 0 Å². The third-order valence-electron chi connectivity index (χ3n) is 3.67. The number of esters is 1. The highest BCUT2D eigenvalue weighted by molar-refractivity contribution is 8.00. The number of thioether (sulfide) groups is 1. The van der Waals surface area contributed by atoms with E-state index in [4.69, 9.17) is 4.74 Å². The van der Waals surface area contributed by atoms with Crippen molar-refractivity contribution in [1.29, 1.82) is 0 Å². The molecule has 0 N–H and O–H groups in total. The van der Waals surface area contributed by atoms with Crippen molar-refractivity contribution in [2.24, 2.45) is 0 Å². The summed E-state index contributed by atoms with van der Waals surface area (Å²) in [5, 5.41) is 3.59. The summed E-state index contributed by atoms with van der Waals surface area (Å²) in [7, 11) is 0. The molecule has 0 saturated heterocycles. The van der Waals surface area contributed by atoms with Gasteiger partial charge in [-0.1, -0.05) is 41.6 Å². The SMILES string of the molecule is Cc1ccc(-c2csc3ncnc(SC(C)C(=O)OC(C)C)c23)cc1. The molecule has 25 heavy (non-hydrogen) atoms. The zero-order chi connectivity index (χ0) is 18.0. The Balaban J connectivity index is 1.97. The molecule has 2 aromatic heterocycles. The molecule has 0 aliphatic rings. The molecule has 4 nitrogen and oxygen atoms in total. The number of fused-ring (bicyclic) bond motifs is 1. The van der Waals surface area contributed by atoms with Gasteiger partial charge in [0.15, 0.2) is 0 Å². The molecule has 0 amide bonds. The summed E-state index contributed by atoms with van der Waals surface area (Å²) in [6.07, 6.45) is 1.44. The minimum atomic E-state index is -0.328. The lowest BCUT2D eigenvalue weighted by atomic mass is 10.1. The molecule has 0 aliphatic heterocycles. The normalized spacial score (nSPS) is 12.5. The molecular weight excluding hydrogens is 352 g/mol. The fourth-order valence-corrected chi connectivity index (χ4v) is 4.33. The first-order valence-electron chi connectivity index (χ1n) is 8.12. The molecule has 1 unspecified atom stereocenters. The van der Waals surface area contributed by atoms with Crippen LogP contribution in [0.2, 0.25) is 0 Å². The van der Waals surface area contributed by atoms with Gasteiger partial charge < -0.3 is 4.74 Å². The van der Waals surface area contributed by atoms with Gasteiger partial charge >= 0.3 is 5.97 Å². The Bertz CT molecular complexity index is 888. The van der Waals surface area contributed by atoms with Crippen LogP contribution in [0.5, 0.6) is 0 Å². The molecule has 0 radical (unpaired) electrons. The van der Waals surface area contributed by atoms with Gasteiger partial charge in [-0.05, 0) is 33.3 Å². The number of ether oxygens (including phenoxy) is 1. The van der Waals surface area contributed by atoms with Crippen LogP contribution in [-0.2, 0) is 9.53 Å². The zero-order valence-electron chi connectivity index (χ0n) is 14.6. The van der Waals surface area contributed by atoms with Crippen LogP contribution < -0.4 is 0 Å². The lowest BCUT2D eigenvalue weighted by Crippen LogP contribution is -2.20. The lowest BCUT2D eigenvalue weighted by Gasteiger charge is -2.13. The smallest absolute Gasteiger partial charge is 0.319 e. The van der Waals surface area contributed by atoms with Crippen LogP contribution >= 0.6 is 23.1 Å².